The second kappa shape index (κ2) is 6.98. The Morgan fingerprint density at radius 2 is 1.88 bits per heavy atom. The van der Waals surface area contributed by atoms with Gasteiger partial charge in [-0.1, -0.05) is 0 Å². The maximum Gasteiger partial charge on any atom is 0.353 e. The highest BCUT2D eigenvalue weighted by molar-refractivity contribution is 5.82. The number of hydrogen-bond donors (Lipinski definition) is 0. The van der Waals surface area contributed by atoms with Gasteiger partial charge in [0.2, 0.25) is 5.89 Å². The first-order valence-corrected chi connectivity index (χ1v) is 10.3. The highest BCUT2D eigenvalue weighted by Gasteiger charge is 2.26. The molecule has 0 bridgehead atoms. The molecule has 1 aliphatic carbocycles. The molecule has 0 unspecified atom stereocenters. The molecule has 4 heterocycles. The summed E-state index contributed by atoms with van der Waals surface area (Å²) in [6.07, 6.45) is 7.49. The van der Waals surface area contributed by atoms with E-state index in [2.05, 4.69) is 15.0 Å². The Bertz CT molecular complexity index is 1530. The normalized spacial score (nSPS) is 13.7. The lowest BCUT2D eigenvalue weighted by Gasteiger charge is -2.05. The van der Waals surface area contributed by atoms with Gasteiger partial charge < -0.3 is 8.98 Å². The Balaban J connectivity index is 1.52. The molecule has 1 aromatic carbocycles. The van der Waals surface area contributed by atoms with Crippen molar-refractivity contribution in [2.24, 2.45) is 7.05 Å². The zero-order chi connectivity index (χ0) is 21.8. The Hall–Kier alpha value is -4.07. The molecule has 0 N–H and O–H groups in total. The molecule has 0 radical (unpaired) electrons. The van der Waals surface area contributed by atoms with Crippen LogP contribution in [-0.4, -0.2) is 24.1 Å². The van der Waals surface area contributed by atoms with Gasteiger partial charge in [-0.2, -0.15) is 9.97 Å². The van der Waals surface area contributed by atoms with Crippen LogP contribution in [0.5, 0.6) is 0 Å². The molecule has 0 saturated heterocycles. The molecule has 6 rings (SSSR count). The first kappa shape index (κ1) is 18.7. The third-order valence-corrected chi connectivity index (χ3v) is 5.76. The molecule has 4 aromatic heterocycles. The summed E-state index contributed by atoms with van der Waals surface area (Å²) in [5.41, 5.74) is 2.49. The fourth-order valence-corrected chi connectivity index (χ4v) is 3.84. The van der Waals surface area contributed by atoms with E-state index in [4.69, 9.17) is 4.42 Å². The summed E-state index contributed by atoms with van der Waals surface area (Å²) >= 11 is 0. The highest BCUT2D eigenvalue weighted by atomic mass is 19.1. The van der Waals surface area contributed by atoms with Gasteiger partial charge in [0.25, 0.3) is 0 Å². The number of fused-ring (bicyclic) bond motifs is 1. The first-order chi connectivity index (χ1) is 15.6. The van der Waals surface area contributed by atoms with Crippen LogP contribution in [0.2, 0.25) is 0 Å². The molecule has 7 nitrogen and oxygen atoms in total. The molecule has 0 aliphatic heterocycles. The summed E-state index contributed by atoms with van der Waals surface area (Å²) in [7, 11) is 1.95. The molecule has 1 saturated carbocycles. The number of pyridine rings is 1. The smallest absolute Gasteiger partial charge is 0.353 e. The average molecular weight is 427 g/mol. The van der Waals surface area contributed by atoms with Crippen molar-refractivity contribution in [3.63, 3.8) is 0 Å². The molecular formula is C24H18FN5O2. The Kier molecular flexibility index (Phi) is 4.07. The summed E-state index contributed by atoms with van der Waals surface area (Å²) in [6, 6.07) is 11.6. The van der Waals surface area contributed by atoms with Gasteiger partial charge in [-0.25, -0.2) is 18.7 Å². The number of benzene rings is 1. The van der Waals surface area contributed by atoms with Crippen LogP contribution in [0.25, 0.3) is 39.6 Å². The second-order valence-corrected chi connectivity index (χ2v) is 8.01. The Morgan fingerprint density at radius 1 is 1.06 bits per heavy atom. The van der Waals surface area contributed by atoms with Crippen LogP contribution in [0.3, 0.4) is 0 Å². The summed E-state index contributed by atoms with van der Waals surface area (Å²) in [6.45, 7) is 0. The topological polar surface area (TPSA) is 78.7 Å². The lowest BCUT2D eigenvalue weighted by Crippen LogP contribution is -2.22. The molecule has 0 spiro atoms. The van der Waals surface area contributed by atoms with Crippen molar-refractivity contribution in [2.45, 2.75) is 18.8 Å². The van der Waals surface area contributed by atoms with Crippen molar-refractivity contribution in [1.29, 1.82) is 0 Å². The van der Waals surface area contributed by atoms with Gasteiger partial charge in [0.1, 0.15) is 11.5 Å². The fourth-order valence-electron chi connectivity index (χ4n) is 3.84. The molecule has 8 heteroatoms. The number of nitrogens with zero attached hydrogens (tertiary/aromatic N) is 5. The predicted octanol–water partition coefficient (Wildman–Crippen LogP) is 4.46. The van der Waals surface area contributed by atoms with Crippen molar-refractivity contribution in [3.8, 4) is 28.7 Å². The van der Waals surface area contributed by atoms with E-state index in [-0.39, 0.29) is 11.7 Å². The number of hydrogen-bond acceptors (Lipinski definition) is 5. The van der Waals surface area contributed by atoms with Gasteiger partial charge in [-0.15, -0.1) is 0 Å². The van der Waals surface area contributed by atoms with Gasteiger partial charge in [0.05, 0.1) is 17.4 Å². The standard InChI is InChI=1S/C24H18FN5O2/c1-29-10-8-16-12-19(26-13-20(16)29)23-28-22(21(32-23)15-4-6-17(25)7-5-15)30-11-9-18(14-2-3-14)27-24(30)31/h4-14H,2-3H2,1H3. The minimum Gasteiger partial charge on any atom is -0.432 e. The number of aromatic nitrogens is 5. The molecule has 0 amide bonds. The van der Waals surface area contributed by atoms with E-state index in [1.807, 2.05) is 36.0 Å². The van der Waals surface area contributed by atoms with Crippen LogP contribution < -0.4 is 5.69 Å². The van der Waals surface area contributed by atoms with E-state index in [0.717, 1.165) is 29.4 Å². The van der Waals surface area contributed by atoms with E-state index in [1.54, 1.807) is 24.5 Å². The zero-order valence-corrected chi connectivity index (χ0v) is 17.2. The van der Waals surface area contributed by atoms with E-state index in [1.165, 1.54) is 16.7 Å². The maximum absolute atomic E-state index is 13.5. The van der Waals surface area contributed by atoms with Crippen LogP contribution in [0.1, 0.15) is 24.5 Å². The fraction of sp³-hybridized carbons (Fsp3) is 0.167. The van der Waals surface area contributed by atoms with Gasteiger partial charge in [-0.3, -0.25) is 0 Å². The predicted molar refractivity (Wildman–Crippen MR) is 117 cm³/mol. The monoisotopic (exact) mass is 427 g/mol. The van der Waals surface area contributed by atoms with Crippen LogP contribution in [-0.2, 0) is 7.05 Å². The number of aryl methyl sites for hydroxylation is 1. The Labute approximate surface area is 181 Å². The number of oxazole rings is 1. The van der Waals surface area contributed by atoms with Crippen molar-refractivity contribution in [2.75, 3.05) is 0 Å². The van der Waals surface area contributed by atoms with E-state index in [9.17, 15) is 9.18 Å². The molecule has 5 aromatic rings. The van der Waals surface area contributed by atoms with Crippen LogP contribution in [0, 0.1) is 5.82 Å². The molecule has 32 heavy (non-hydrogen) atoms. The lowest BCUT2D eigenvalue weighted by molar-refractivity contribution is 0.584. The van der Waals surface area contributed by atoms with Crippen LogP contribution >= 0.6 is 0 Å². The summed E-state index contributed by atoms with van der Waals surface area (Å²) in [5, 5.41) is 0.994. The van der Waals surface area contributed by atoms with Crippen LogP contribution in [0.4, 0.5) is 4.39 Å². The van der Waals surface area contributed by atoms with Crippen molar-refractivity contribution >= 4 is 10.9 Å². The lowest BCUT2D eigenvalue weighted by atomic mass is 10.1. The minimum absolute atomic E-state index is 0.267. The van der Waals surface area contributed by atoms with Gasteiger partial charge in [0.15, 0.2) is 11.6 Å². The third-order valence-electron chi connectivity index (χ3n) is 5.76. The quantitative estimate of drug-likeness (QED) is 0.423. The summed E-state index contributed by atoms with van der Waals surface area (Å²) in [5.74, 6) is 0.908. The Morgan fingerprint density at radius 3 is 2.62 bits per heavy atom. The van der Waals surface area contributed by atoms with Gasteiger partial charge in [-0.05, 0) is 55.3 Å². The molecular weight excluding hydrogens is 409 g/mol. The van der Waals surface area contributed by atoms with Crippen molar-refractivity contribution in [1.82, 2.24) is 24.1 Å². The van der Waals surface area contributed by atoms with E-state index < -0.39 is 5.69 Å². The maximum atomic E-state index is 13.5. The number of rotatable bonds is 4. The second-order valence-electron chi connectivity index (χ2n) is 8.01. The van der Waals surface area contributed by atoms with Crippen LogP contribution in [0.15, 0.2) is 70.3 Å². The molecule has 0 atom stereocenters. The van der Waals surface area contributed by atoms with E-state index in [0.29, 0.717) is 28.8 Å². The minimum atomic E-state index is -0.427. The third kappa shape index (κ3) is 3.11. The average Bonchev–Trinajstić information content (AvgIpc) is 3.46. The molecule has 158 valence electrons. The molecule has 1 aliphatic rings. The van der Waals surface area contributed by atoms with E-state index >= 15 is 0 Å². The van der Waals surface area contributed by atoms with Crippen molar-refractivity contribution < 1.29 is 8.81 Å². The summed E-state index contributed by atoms with van der Waals surface area (Å²) in [4.78, 5) is 26.2. The zero-order valence-electron chi connectivity index (χ0n) is 17.2. The molecule has 1 fully saturated rings. The van der Waals surface area contributed by atoms with Crippen molar-refractivity contribution in [3.05, 3.63) is 83.1 Å². The van der Waals surface area contributed by atoms with Gasteiger partial charge >= 0.3 is 5.69 Å². The largest absolute Gasteiger partial charge is 0.432 e. The van der Waals surface area contributed by atoms with Gasteiger partial charge in [0, 0.05) is 36.3 Å². The summed E-state index contributed by atoms with van der Waals surface area (Å²) < 4.78 is 22.9. The SMILES string of the molecule is Cn1ccc2cc(-c3nc(-n4ccc(C5CC5)nc4=O)c(-c4ccc(F)cc4)o3)ncc21. The number of halogens is 1. The highest BCUT2D eigenvalue weighted by Crippen LogP contribution is 2.38. The first-order valence-electron chi connectivity index (χ1n) is 10.3.